The molecule has 2 N–H and O–H groups in total. The number of benzene rings is 2. The fourth-order valence-corrected chi connectivity index (χ4v) is 2.80. The van der Waals surface area contributed by atoms with Crippen LogP contribution in [0, 0.1) is 6.92 Å². The van der Waals surface area contributed by atoms with Crippen LogP contribution in [0.5, 0.6) is 0 Å². The Kier molecular flexibility index (Phi) is 5.04. The predicted octanol–water partition coefficient (Wildman–Crippen LogP) is 3.70. The van der Waals surface area contributed by atoms with Gasteiger partial charge >= 0.3 is 0 Å². The van der Waals surface area contributed by atoms with Crippen LogP contribution in [0.4, 0.5) is 5.95 Å². The summed E-state index contributed by atoms with van der Waals surface area (Å²) in [5.74, 6) is 0.357. The zero-order valence-corrected chi connectivity index (χ0v) is 14.2. The molecule has 0 saturated carbocycles. The SMILES string of the molecule is C/C(=N/Nc1nc(C)cc(=O)[nH]1)C(c1ccccc1)c1ccccc1. The van der Waals surface area contributed by atoms with Crippen molar-refractivity contribution in [3.63, 3.8) is 0 Å². The second-order valence-corrected chi connectivity index (χ2v) is 5.85. The zero-order valence-electron chi connectivity index (χ0n) is 14.2. The standard InChI is InChI=1S/C20H20N4O/c1-14-13-18(25)22-20(21-14)24-23-15(2)19(16-9-5-3-6-10-16)17-11-7-4-8-12-17/h3-13,19H,1-2H3,(H2,21,22,24,25)/b23-15-. The lowest BCUT2D eigenvalue weighted by Gasteiger charge is -2.18. The summed E-state index contributed by atoms with van der Waals surface area (Å²) >= 11 is 0. The quantitative estimate of drug-likeness (QED) is 0.553. The maximum absolute atomic E-state index is 11.5. The first-order valence-corrected chi connectivity index (χ1v) is 8.11. The van der Waals surface area contributed by atoms with E-state index < -0.39 is 0 Å². The molecule has 0 saturated heterocycles. The number of aromatic amines is 1. The highest BCUT2D eigenvalue weighted by atomic mass is 16.1. The molecule has 0 aliphatic heterocycles. The van der Waals surface area contributed by atoms with E-state index in [0.717, 1.165) is 16.8 Å². The van der Waals surface area contributed by atoms with Gasteiger partial charge in [-0.2, -0.15) is 5.10 Å². The van der Waals surface area contributed by atoms with Gasteiger partial charge in [0.2, 0.25) is 5.95 Å². The van der Waals surface area contributed by atoms with Crippen molar-refractivity contribution in [1.29, 1.82) is 0 Å². The monoisotopic (exact) mass is 332 g/mol. The molecule has 0 amide bonds. The minimum atomic E-state index is -0.203. The summed E-state index contributed by atoms with van der Waals surface area (Å²) in [6.07, 6.45) is 0. The molecule has 0 bridgehead atoms. The molecule has 0 radical (unpaired) electrons. The highest BCUT2D eigenvalue weighted by molar-refractivity contribution is 5.92. The highest BCUT2D eigenvalue weighted by Gasteiger charge is 2.17. The molecule has 0 aliphatic carbocycles. The third-order valence-electron chi connectivity index (χ3n) is 3.89. The number of aromatic nitrogens is 2. The maximum Gasteiger partial charge on any atom is 0.252 e. The molecule has 0 spiro atoms. The molecule has 0 fully saturated rings. The Labute approximate surface area is 146 Å². The van der Waals surface area contributed by atoms with Gasteiger partial charge in [-0.05, 0) is 25.0 Å². The Morgan fingerprint density at radius 1 is 1.04 bits per heavy atom. The Balaban J connectivity index is 1.94. The molecule has 5 heteroatoms. The molecule has 2 aromatic carbocycles. The second kappa shape index (κ2) is 7.57. The molecule has 3 aromatic rings. The van der Waals surface area contributed by atoms with Gasteiger partial charge in [0, 0.05) is 23.4 Å². The van der Waals surface area contributed by atoms with Crippen LogP contribution in [0.3, 0.4) is 0 Å². The zero-order chi connectivity index (χ0) is 17.6. The van der Waals surface area contributed by atoms with Gasteiger partial charge in [-0.3, -0.25) is 9.78 Å². The van der Waals surface area contributed by atoms with E-state index in [2.05, 4.69) is 44.8 Å². The van der Waals surface area contributed by atoms with Crippen molar-refractivity contribution in [3.05, 3.63) is 93.9 Å². The van der Waals surface area contributed by atoms with Crippen molar-refractivity contribution >= 4 is 11.7 Å². The van der Waals surface area contributed by atoms with Gasteiger partial charge in [-0.1, -0.05) is 60.7 Å². The normalized spacial score (nSPS) is 11.6. The fraction of sp³-hybridized carbons (Fsp3) is 0.150. The highest BCUT2D eigenvalue weighted by Crippen LogP contribution is 2.26. The summed E-state index contributed by atoms with van der Waals surface area (Å²) < 4.78 is 0. The predicted molar refractivity (Wildman–Crippen MR) is 101 cm³/mol. The third kappa shape index (κ3) is 4.20. The Hall–Kier alpha value is -3.21. The van der Waals surface area contributed by atoms with Gasteiger partial charge in [0.05, 0.1) is 0 Å². The Morgan fingerprint density at radius 3 is 2.12 bits per heavy atom. The first-order chi connectivity index (χ1) is 12.1. The maximum atomic E-state index is 11.5. The summed E-state index contributed by atoms with van der Waals surface area (Å²) in [6, 6.07) is 21.9. The van der Waals surface area contributed by atoms with Crippen molar-refractivity contribution in [3.8, 4) is 0 Å². The third-order valence-corrected chi connectivity index (χ3v) is 3.89. The Bertz CT molecular complexity index is 878. The van der Waals surface area contributed by atoms with E-state index in [9.17, 15) is 4.79 Å². The van der Waals surface area contributed by atoms with E-state index in [-0.39, 0.29) is 11.5 Å². The van der Waals surface area contributed by atoms with Gasteiger partial charge in [-0.25, -0.2) is 10.4 Å². The van der Waals surface area contributed by atoms with Crippen LogP contribution >= 0.6 is 0 Å². The number of hydrazone groups is 1. The minimum Gasteiger partial charge on any atom is -0.291 e. The average Bonchev–Trinajstić information content (AvgIpc) is 2.61. The van der Waals surface area contributed by atoms with Crippen LogP contribution in [0.15, 0.2) is 76.6 Å². The van der Waals surface area contributed by atoms with Crippen LogP contribution in [0.25, 0.3) is 0 Å². The van der Waals surface area contributed by atoms with Crippen molar-refractivity contribution in [2.24, 2.45) is 5.10 Å². The molecule has 1 heterocycles. The number of aryl methyl sites for hydroxylation is 1. The van der Waals surface area contributed by atoms with Crippen LogP contribution in [-0.2, 0) is 0 Å². The van der Waals surface area contributed by atoms with E-state index in [1.807, 2.05) is 43.3 Å². The number of H-pyrrole nitrogens is 1. The van der Waals surface area contributed by atoms with E-state index in [0.29, 0.717) is 11.6 Å². The molecule has 0 unspecified atom stereocenters. The van der Waals surface area contributed by atoms with Crippen LogP contribution < -0.4 is 11.0 Å². The second-order valence-electron chi connectivity index (χ2n) is 5.85. The number of nitrogens with zero attached hydrogens (tertiary/aromatic N) is 2. The van der Waals surface area contributed by atoms with Crippen LogP contribution in [0.1, 0.15) is 29.7 Å². The first-order valence-electron chi connectivity index (χ1n) is 8.11. The molecule has 0 aliphatic rings. The smallest absolute Gasteiger partial charge is 0.252 e. The van der Waals surface area contributed by atoms with Gasteiger partial charge in [-0.15, -0.1) is 0 Å². The van der Waals surface area contributed by atoms with Crippen LogP contribution in [0.2, 0.25) is 0 Å². The van der Waals surface area contributed by atoms with E-state index >= 15 is 0 Å². The summed E-state index contributed by atoms with van der Waals surface area (Å²) in [4.78, 5) is 18.4. The van der Waals surface area contributed by atoms with Gasteiger partial charge in [0.1, 0.15) is 0 Å². The lowest BCUT2D eigenvalue weighted by atomic mass is 9.88. The number of hydrogen-bond donors (Lipinski definition) is 2. The van der Waals surface area contributed by atoms with Crippen molar-refractivity contribution in [2.45, 2.75) is 19.8 Å². The minimum absolute atomic E-state index is 0.0198. The van der Waals surface area contributed by atoms with Gasteiger partial charge < -0.3 is 0 Å². The molecule has 1 aromatic heterocycles. The average molecular weight is 332 g/mol. The molecule has 0 atom stereocenters. The summed E-state index contributed by atoms with van der Waals surface area (Å²) in [7, 11) is 0. The van der Waals surface area contributed by atoms with E-state index in [1.165, 1.54) is 6.07 Å². The van der Waals surface area contributed by atoms with E-state index in [4.69, 9.17) is 0 Å². The number of nitrogens with one attached hydrogen (secondary N) is 2. The number of rotatable bonds is 5. The van der Waals surface area contributed by atoms with Gasteiger partial charge in [0.25, 0.3) is 5.56 Å². The molecule has 25 heavy (non-hydrogen) atoms. The van der Waals surface area contributed by atoms with Gasteiger partial charge in [0.15, 0.2) is 0 Å². The Morgan fingerprint density at radius 2 is 1.60 bits per heavy atom. The number of anilines is 1. The summed E-state index contributed by atoms with van der Waals surface area (Å²) in [5.41, 5.74) is 6.49. The van der Waals surface area contributed by atoms with Crippen molar-refractivity contribution in [2.75, 3.05) is 5.43 Å². The molecule has 126 valence electrons. The lowest BCUT2D eigenvalue weighted by molar-refractivity contribution is 1.02. The topological polar surface area (TPSA) is 70.1 Å². The first kappa shape index (κ1) is 16.6. The molecule has 3 rings (SSSR count). The van der Waals surface area contributed by atoms with Crippen molar-refractivity contribution in [1.82, 2.24) is 9.97 Å². The molecule has 5 nitrogen and oxygen atoms in total. The van der Waals surface area contributed by atoms with Crippen molar-refractivity contribution < 1.29 is 0 Å². The summed E-state index contributed by atoms with van der Waals surface area (Å²) in [6.45, 7) is 3.74. The fourth-order valence-electron chi connectivity index (χ4n) is 2.80. The van der Waals surface area contributed by atoms with Crippen LogP contribution in [-0.4, -0.2) is 15.7 Å². The number of hydrogen-bond acceptors (Lipinski definition) is 4. The molecular formula is C20H20N4O. The largest absolute Gasteiger partial charge is 0.291 e. The lowest BCUT2D eigenvalue weighted by Crippen LogP contribution is -2.15. The summed E-state index contributed by atoms with van der Waals surface area (Å²) in [5, 5.41) is 4.46. The van der Waals surface area contributed by atoms with E-state index in [1.54, 1.807) is 6.92 Å². The molecular weight excluding hydrogens is 312 g/mol.